The van der Waals surface area contributed by atoms with E-state index >= 15 is 0 Å². The first-order valence-electron chi connectivity index (χ1n) is 12.0. The average Bonchev–Trinajstić information content (AvgIpc) is 2.97. The second-order valence-corrected chi connectivity index (χ2v) is 8.24. The van der Waals surface area contributed by atoms with Crippen molar-refractivity contribution in [3.8, 4) is 17.2 Å². The van der Waals surface area contributed by atoms with Crippen molar-refractivity contribution < 1.29 is 33.9 Å². The van der Waals surface area contributed by atoms with E-state index in [-0.39, 0.29) is 34.1 Å². The predicted octanol–water partition coefficient (Wildman–Crippen LogP) is 4.90. The van der Waals surface area contributed by atoms with Crippen molar-refractivity contribution in [2.75, 3.05) is 0 Å². The van der Waals surface area contributed by atoms with Crippen LogP contribution in [0.5, 0.6) is 17.2 Å². The highest BCUT2D eigenvalue weighted by Crippen LogP contribution is 2.22. The minimum atomic E-state index is -0.736. The number of esters is 2. The number of phenols is 1. The van der Waals surface area contributed by atoms with E-state index in [2.05, 4.69) is 10.5 Å². The van der Waals surface area contributed by atoms with Crippen LogP contribution in [0, 0.1) is 10.1 Å². The fourth-order valence-electron chi connectivity index (χ4n) is 3.46. The average molecular weight is 552 g/mol. The third-order valence-corrected chi connectivity index (χ3v) is 5.48. The Morgan fingerprint density at radius 3 is 2.10 bits per heavy atom. The number of ether oxygens (including phenoxy) is 2. The van der Waals surface area contributed by atoms with Gasteiger partial charge in [0.15, 0.2) is 0 Å². The van der Waals surface area contributed by atoms with Crippen LogP contribution in [0.2, 0.25) is 0 Å². The Morgan fingerprint density at radius 1 is 0.805 bits per heavy atom. The molecule has 11 nitrogen and oxygen atoms in total. The van der Waals surface area contributed by atoms with E-state index in [1.165, 1.54) is 60.8 Å². The number of hydrazone groups is 1. The summed E-state index contributed by atoms with van der Waals surface area (Å²) in [6, 6.07) is 23.9. The molecule has 0 radical (unpaired) electrons. The number of carbonyl (C=O) groups excluding carboxylic acids is 3. The molecule has 0 fully saturated rings. The third kappa shape index (κ3) is 7.48. The molecule has 2 N–H and O–H groups in total. The molecule has 0 aliphatic heterocycles. The number of nitrogens with one attached hydrogen (secondary N) is 1. The predicted molar refractivity (Wildman–Crippen MR) is 149 cm³/mol. The smallest absolute Gasteiger partial charge is 0.343 e. The molecule has 41 heavy (non-hydrogen) atoms. The molecule has 204 valence electrons. The Hall–Kier alpha value is -6.10. The molecular formula is C30H21N3O8. The highest BCUT2D eigenvalue weighted by Gasteiger charge is 2.14. The first kappa shape index (κ1) is 27.9. The van der Waals surface area contributed by atoms with Gasteiger partial charge in [-0.3, -0.25) is 14.9 Å². The highest BCUT2D eigenvalue weighted by molar-refractivity contribution is 5.98. The number of carbonyl (C=O) groups is 3. The fraction of sp³-hybridized carbons (Fsp3) is 0. The number of nitro benzene ring substituents is 1. The van der Waals surface area contributed by atoms with Crippen LogP contribution in [0.4, 0.5) is 5.69 Å². The van der Waals surface area contributed by atoms with Crippen LogP contribution in [-0.2, 0) is 4.79 Å². The van der Waals surface area contributed by atoms with Gasteiger partial charge in [-0.25, -0.2) is 15.0 Å². The number of rotatable bonds is 9. The van der Waals surface area contributed by atoms with Crippen molar-refractivity contribution in [3.05, 3.63) is 136 Å². The van der Waals surface area contributed by atoms with Crippen molar-refractivity contribution in [1.82, 2.24) is 5.43 Å². The van der Waals surface area contributed by atoms with Crippen molar-refractivity contribution in [2.45, 2.75) is 0 Å². The highest BCUT2D eigenvalue weighted by atomic mass is 16.6. The monoisotopic (exact) mass is 551 g/mol. The van der Waals surface area contributed by atoms with E-state index in [0.717, 1.165) is 6.08 Å². The lowest BCUT2D eigenvalue weighted by Gasteiger charge is -2.08. The number of nitrogens with zero attached hydrogens (tertiary/aromatic N) is 2. The fourth-order valence-corrected chi connectivity index (χ4v) is 3.46. The number of benzene rings is 4. The summed E-state index contributed by atoms with van der Waals surface area (Å²) >= 11 is 0. The summed E-state index contributed by atoms with van der Waals surface area (Å²) < 4.78 is 10.8. The number of non-ortho nitro benzene ring substituents is 1. The number of phenolic OH excluding ortho intramolecular Hbond substituents is 1. The van der Waals surface area contributed by atoms with Gasteiger partial charge in [-0.1, -0.05) is 42.5 Å². The standard InChI is InChI=1S/C30H21N3O8/c34-25-10-4-3-9-24(25)29(36)32-31-19-22-8-2-6-12-27(22)40-28(35)18-15-20-7-1-5-11-26(20)41-30(37)21-13-16-23(17-14-21)33(38)39/h1-19,34H,(H,32,36)/b18-15+,31-19+. The van der Waals surface area contributed by atoms with E-state index in [1.54, 1.807) is 48.5 Å². The van der Waals surface area contributed by atoms with Crippen LogP contribution in [0.25, 0.3) is 6.08 Å². The molecule has 0 unspecified atom stereocenters. The minimum Gasteiger partial charge on any atom is -0.507 e. The lowest BCUT2D eigenvalue weighted by atomic mass is 10.1. The molecule has 0 aliphatic rings. The van der Waals surface area contributed by atoms with Crippen LogP contribution >= 0.6 is 0 Å². The maximum absolute atomic E-state index is 12.6. The Bertz CT molecular complexity index is 1660. The zero-order chi connectivity index (χ0) is 29.2. The second kappa shape index (κ2) is 13.1. The molecule has 0 atom stereocenters. The maximum atomic E-state index is 12.6. The van der Waals surface area contributed by atoms with E-state index in [9.17, 15) is 29.6 Å². The van der Waals surface area contributed by atoms with Gasteiger partial charge in [0, 0.05) is 29.3 Å². The number of amides is 1. The van der Waals surface area contributed by atoms with E-state index < -0.39 is 22.8 Å². The van der Waals surface area contributed by atoms with E-state index in [1.807, 2.05) is 0 Å². The molecular weight excluding hydrogens is 530 g/mol. The summed E-state index contributed by atoms with van der Waals surface area (Å²) in [6.45, 7) is 0. The molecule has 0 aliphatic carbocycles. The van der Waals surface area contributed by atoms with E-state index in [0.29, 0.717) is 11.1 Å². The van der Waals surface area contributed by atoms with Crippen molar-refractivity contribution in [1.29, 1.82) is 0 Å². The van der Waals surface area contributed by atoms with Gasteiger partial charge in [0.25, 0.3) is 11.6 Å². The van der Waals surface area contributed by atoms with Gasteiger partial charge in [-0.05, 0) is 48.5 Å². The van der Waals surface area contributed by atoms with Crippen molar-refractivity contribution in [3.63, 3.8) is 0 Å². The van der Waals surface area contributed by atoms with Crippen molar-refractivity contribution in [2.24, 2.45) is 5.10 Å². The maximum Gasteiger partial charge on any atom is 0.343 e. The van der Waals surface area contributed by atoms with E-state index in [4.69, 9.17) is 9.47 Å². The van der Waals surface area contributed by atoms with Crippen LogP contribution in [0.1, 0.15) is 31.8 Å². The molecule has 0 heterocycles. The summed E-state index contributed by atoms with van der Waals surface area (Å²) in [6.07, 6.45) is 3.84. The molecule has 0 aromatic heterocycles. The first-order valence-corrected chi connectivity index (χ1v) is 12.0. The van der Waals surface area contributed by atoms with Crippen LogP contribution in [-0.4, -0.2) is 34.1 Å². The minimum absolute atomic E-state index is 0.0493. The van der Waals surface area contributed by atoms with Gasteiger partial charge in [-0.15, -0.1) is 0 Å². The van der Waals surface area contributed by atoms with Crippen LogP contribution < -0.4 is 14.9 Å². The van der Waals surface area contributed by atoms with Crippen LogP contribution in [0.15, 0.2) is 108 Å². The quantitative estimate of drug-likeness (QED) is 0.0742. The molecule has 0 saturated heterocycles. The zero-order valence-electron chi connectivity index (χ0n) is 21.2. The molecule has 1 amide bonds. The Balaban J connectivity index is 1.41. The molecule has 11 heteroatoms. The lowest BCUT2D eigenvalue weighted by molar-refractivity contribution is -0.384. The summed E-state index contributed by atoms with van der Waals surface area (Å²) in [5.41, 5.74) is 3.10. The summed E-state index contributed by atoms with van der Waals surface area (Å²) in [5, 5.41) is 24.5. The Morgan fingerprint density at radius 2 is 1.41 bits per heavy atom. The van der Waals surface area contributed by atoms with Gasteiger partial charge < -0.3 is 14.6 Å². The molecule has 0 saturated carbocycles. The molecule has 4 aromatic rings. The first-order chi connectivity index (χ1) is 19.8. The van der Waals surface area contributed by atoms with Gasteiger partial charge in [0.1, 0.15) is 17.2 Å². The SMILES string of the molecule is O=C(/C=C/c1ccccc1OC(=O)c1ccc([N+](=O)[O-])cc1)Oc1ccccc1/C=N/NC(=O)c1ccccc1O. The Labute approximate surface area is 233 Å². The summed E-state index contributed by atoms with van der Waals surface area (Å²) in [4.78, 5) is 47.6. The Kier molecular flexibility index (Phi) is 8.93. The molecule has 0 spiro atoms. The molecule has 0 bridgehead atoms. The second-order valence-electron chi connectivity index (χ2n) is 8.24. The lowest BCUT2D eigenvalue weighted by Crippen LogP contribution is -2.17. The van der Waals surface area contributed by atoms with Gasteiger partial charge in [0.2, 0.25) is 0 Å². The van der Waals surface area contributed by atoms with Gasteiger partial charge in [-0.2, -0.15) is 5.10 Å². The largest absolute Gasteiger partial charge is 0.507 e. The number of hydrogen-bond acceptors (Lipinski definition) is 9. The number of para-hydroxylation sites is 3. The number of aromatic hydroxyl groups is 1. The zero-order valence-corrected chi connectivity index (χ0v) is 21.2. The summed E-state index contributed by atoms with van der Waals surface area (Å²) in [5.74, 6) is -1.95. The van der Waals surface area contributed by atoms with Crippen LogP contribution in [0.3, 0.4) is 0 Å². The third-order valence-electron chi connectivity index (χ3n) is 5.48. The van der Waals surface area contributed by atoms with Gasteiger partial charge >= 0.3 is 11.9 Å². The number of hydrogen-bond donors (Lipinski definition) is 2. The van der Waals surface area contributed by atoms with Crippen molar-refractivity contribution >= 4 is 35.8 Å². The molecule has 4 rings (SSSR count). The topological polar surface area (TPSA) is 157 Å². The summed E-state index contributed by atoms with van der Waals surface area (Å²) in [7, 11) is 0. The number of nitro groups is 1. The normalized spacial score (nSPS) is 10.8. The molecule has 4 aromatic carbocycles. The van der Waals surface area contributed by atoms with Gasteiger partial charge in [0.05, 0.1) is 22.3 Å².